The third-order valence-corrected chi connectivity index (χ3v) is 5.62. The van der Waals surface area contributed by atoms with E-state index in [1.807, 2.05) is 28.2 Å². The molecule has 2 saturated heterocycles. The molecule has 2 fully saturated rings. The zero-order chi connectivity index (χ0) is 15.4. The summed E-state index contributed by atoms with van der Waals surface area (Å²) in [6, 6.07) is -0.0445. The van der Waals surface area contributed by atoms with Crippen molar-refractivity contribution in [2.75, 3.05) is 31.2 Å². The average molecular weight is 325 g/mol. The second kappa shape index (κ2) is 6.87. The molecule has 22 heavy (non-hydrogen) atoms. The van der Waals surface area contributed by atoms with E-state index in [0.717, 1.165) is 37.5 Å². The molecule has 0 aromatic carbocycles. The molecule has 122 valence electrons. The van der Waals surface area contributed by atoms with Crippen molar-refractivity contribution in [3.05, 3.63) is 12.2 Å². The lowest BCUT2D eigenvalue weighted by Gasteiger charge is -2.26. The number of hydrogen-bond donors (Lipinski definition) is 1. The van der Waals surface area contributed by atoms with Gasteiger partial charge in [-0.15, -0.1) is 10.2 Å². The Morgan fingerprint density at radius 3 is 3.18 bits per heavy atom. The first-order valence-electron chi connectivity index (χ1n) is 7.84. The predicted molar refractivity (Wildman–Crippen MR) is 84.7 cm³/mol. The van der Waals surface area contributed by atoms with E-state index in [0.29, 0.717) is 19.7 Å². The first-order chi connectivity index (χ1) is 10.7. The normalized spacial score (nSPS) is 25.4. The van der Waals surface area contributed by atoms with E-state index in [2.05, 4.69) is 15.5 Å². The summed E-state index contributed by atoms with van der Waals surface area (Å²) < 4.78 is 7.98. The summed E-state index contributed by atoms with van der Waals surface area (Å²) in [5.41, 5.74) is 0.00207. The van der Waals surface area contributed by atoms with Gasteiger partial charge < -0.3 is 19.5 Å². The molecule has 1 spiro atoms. The van der Waals surface area contributed by atoms with Crippen LogP contribution in [0, 0.1) is 0 Å². The van der Waals surface area contributed by atoms with Crippen LogP contribution < -0.4 is 5.32 Å². The van der Waals surface area contributed by atoms with Crippen molar-refractivity contribution in [3.63, 3.8) is 0 Å². The molecule has 1 aromatic rings. The Hall–Kier alpha value is -1.28. The summed E-state index contributed by atoms with van der Waals surface area (Å²) in [6.45, 7) is 5.27. The van der Waals surface area contributed by atoms with Gasteiger partial charge in [0.05, 0.1) is 18.8 Å². The van der Waals surface area contributed by atoms with Crippen LogP contribution >= 0.6 is 11.8 Å². The minimum atomic E-state index is -0.0445. The molecule has 0 radical (unpaired) electrons. The van der Waals surface area contributed by atoms with Crippen LogP contribution in [0.1, 0.15) is 25.6 Å². The maximum Gasteiger partial charge on any atom is 0.317 e. The summed E-state index contributed by atoms with van der Waals surface area (Å²) >= 11 is 1.95. The molecule has 8 heteroatoms. The highest BCUT2D eigenvalue weighted by molar-refractivity contribution is 7.99. The van der Waals surface area contributed by atoms with Gasteiger partial charge in [0, 0.05) is 25.4 Å². The quantitative estimate of drug-likeness (QED) is 0.901. The van der Waals surface area contributed by atoms with Crippen molar-refractivity contribution in [1.29, 1.82) is 0 Å². The van der Waals surface area contributed by atoms with Crippen LogP contribution in [0.3, 0.4) is 0 Å². The molecule has 7 nitrogen and oxygen atoms in total. The van der Waals surface area contributed by atoms with Crippen molar-refractivity contribution in [2.24, 2.45) is 0 Å². The average Bonchev–Trinajstić information content (AvgIpc) is 3.12. The number of aromatic nitrogens is 3. The first kappa shape index (κ1) is 15.6. The molecule has 3 rings (SSSR count). The van der Waals surface area contributed by atoms with Crippen LogP contribution in [0.2, 0.25) is 0 Å². The summed E-state index contributed by atoms with van der Waals surface area (Å²) in [6.07, 6.45) is 3.72. The molecule has 3 heterocycles. The smallest absolute Gasteiger partial charge is 0.317 e. The SMILES string of the molecule is CCn1cnnc1CNC(=O)N1CCOC2(CCSC2)CC1. The molecule has 2 aliphatic rings. The highest BCUT2D eigenvalue weighted by Crippen LogP contribution is 2.35. The van der Waals surface area contributed by atoms with Crippen LogP contribution in [0.15, 0.2) is 6.33 Å². The van der Waals surface area contributed by atoms with Gasteiger partial charge >= 0.3 is 6.03 Å². The molecule has 0 aliphatic carbocycles. The molecule has 1 aromatic heterocycles. The number of carbonyl (C=O) groups excluding carboxylic acids is 1. The number of amides is 2. The molecule has 1 N–H and O–H groups in total. The van der Waals surface area contributed by atoms with Crippen LogP contribution in [-0.2, 0) is 17.8 Å². The Morgan fingerprint density at radius 1 is 1.50 bits per heavy atom. The van der Waals surface area contributed by atoms with Gasteiger partial charge in [0.2, 0.25) is 0 Å². The Morgan fingerprint density at radius 2 is 2.41 bits per heavy atom. The molecule has 1 atom stereocenters. The van der Waals surface area contributed by atoms with Gasteiger partial charge in [0.15, 0.2) is 5.82 Å². The summed E-state index contributed by atoms with van der Waals surface area (Å²) in [5.74, 6) is 3.01. The number of urea groups is 1. The summed E-state index contributed by atoms with van der Waals surface area (Å²) in [7, 11) is 0. The Kier molecular flexibility index (Phi) is 4.87. The lowest BCUT2D eigenvalue weighted by Crippen LogP contribution is -2.41. The van der Waals surface area contributed by atoms with Gasteiger partial charge in [-0.05, 0) is 25.5 Å². The highest BCUT2D eigenvalue weighted by Gasteiger charge is 2.37. The number of nitrogens with zero attached hydrogens (tertiary/aromatic N) is 4. The van der Waals surface area contributed by atoms with Crippen molar-refractivity contribution in [3.8, 4) is 0 Å². The molecular formula is C14H23N5O2S. The second-order valence-electron chi connectivity index (χ2n) is 5.76. The van der Waals surface area contributed by atoms with Crippen molar-refractivity contribution >= 4 is 17.8 Å². The predicted octanol–water partition coefficient (Wildman–Crippen LogP) is 1.11. The van der Waals surface area contributed by atoms with Crippen molar-refractivity contribution < 1.29 is 9.53 Å². The van der Waals surface area contributed by atoms with Crippen LogP contribution in [0.4, 0.5) is 4.79 Å². The maximum absolute atomic E-state index is 12.3. The number of hydrogen-bond acceptors (Lipinski definition) is 5. The van der Waals surface area contributed by atoms with E-state index >= 15 is 0 Å². The lowest BCUT2D eigenvalue weighted by molar-refractivity contribution is -0.0170. The minimum absolute atomic E-state index is 0.00207. The Bertz CT molecular complexity index is 515. The summed E-state index contributed by atoms with van der Waals surface area (Å²) in [5, 5.41) is 10.8. The number of ether oxygens (including phenoxy) is 1. The van der Waals surface area contributed by atoms with Gasteiger partial charge in [0.25, 0.3) is 0 Å². The fraction of sp³-hybridized carbons (Fsp3) is 0.786. The number of rotatable bonds is 3. The molecule has 2 amide bonds. The Balaban J connectivity index is 1.52. The Labute approximate surface area is 134 Å². The van der Waals surface area contributed by atoms with Crippen molar-refractivity contribution in [1.82, 2.24) is 25.0 Å². The van der Waals surface area contributed by atoms with Crippen molar-refractivity contribution in [2.45, 2.75) is 38.5 Å². The van der Waals surface area contributed by atoms with Crippen LogP contribution in [0.25, 0.3) is 0 Å². The summed E-state index contributed by atoms with van der Waals surface area (Å²) in [4.78, 5) is 14.2. The van der Waals surface area contributed by atoms with E-state index < -0.39 is 0 Å². The minimum Gasteiger partial charge on any atom is -0.372 e. The zero-order valence-corrected chi connectivity index (χ0v) is 13.8. The van der Waals surface area contributed by atoms with Gasteiger partial charge in [-0.25, -0.2) is 4.79 Å². The topological polar surface area (TPSA) is 72.3 Å². The number of carbonyl (C=O) groups is 1. The van der Waals surface area contributed by atoms with E-state index in [4.69, 9.17) is 4.74 Å². The van der Waals surface area contributed by atoms with Crippen LogP contribution in [-0.4, -0.2) is 62.5 Å². The highest BCUT2D eigenvalue weighted by atomic mass is 32.2. The number of nitrogens with one attached hydrogen (secondary N) is 1. The first-order valence-corrected chi connectivity index (χ1v) is 8.99. The molecular weight excluding hydrogens is 302 g/mol. The fourth-order valence-electron chi connectivity index (χ4n) is 2.94. The van der Waals surface area contributed by atoms with E-state index in [1.165, 1.54) is 5.75 Å². The third kappa shape index (κ3) is 3.38. The van der Waals surface area contributed by atoms with Gasteiger partial charge in [-0.1, -0.05) is 0 Å². The van der Waals surface area contributed by atoms with E-state index in [1.54, 1.807) is 6.33 Å². The maximum atomic E-state index is 12.3. The van der Waals surface area contributed by atoms with E-state index in [-0.39, 0.29) is 11.6 Å². The second-order valence-corrected chi connectivity index (χ2v) is 6.87. The molecule has 0 saturated carbocycles. The zero-order valence-electron chi connectivity index (χ0n) is 13.0. The van der Waals surface area contributed by atoms with Gasteiger partial charge in [0.1, 0.15) is 6.33 Å². The number of thioether (sulfide) groups is 1. The molecule has 1 unspecified atom stereocenters. The number of aryl methyl sites for hydroxylation is 1. The van der Waals surface area contributed by atoms with Gasteiger partial charge in [-0.3, -0.25) is 0 Å². The molecule has 2 aliphatic heterocycles. The fourth-order valence-corrected chi connectivity index (χ4v) is 4.35. The van der Waals surface area contributed by atoms with Crippen LogP contribution in [0.5, 0.6) is 0 Å². The monoisotopic (exact) mass is 325 g/mol. The standard InChI is InChI=1S/C14H23N5O2S/c1-2-18-11-16-17-12(18)9-15-13(20)19-5-3-14(21-7-6-19)4-8-22-10-14/h11H,2-10H2,1H3,(H,15,20). The van der Waals surface area contributed by atoms with Gasteiger partial charge in [-0.2, -0.15) is 11.8 Å². The molecule has 0 bridgehead atoms. The lowest BCUT2D eigenvalue weighted by atomic mass is 9.99. The largest absolute Gasteiger partial charge is 0.372 e. The third-order valence-electron chi connectivity index (χ3n) is 4.40. The van der Waals surface area contributed by atoms with E-state index in [9.17, 15) is 4.79 Å².